The van der Waals surface area contributed by atoms with Gasteiger partial charge < -0.3 is 4.90 Å². The smallest absolute Gasteiger partial charge is 0.232 e. The van der Waals surface area contributed by atoms with Crippen LogP contribution in [0.25, 0.3) is 0 Å². The molecule has 148 valence electrons. The van der Waals surface area contributed by atoms with Crippen molar-refractivity contribution in [1.29, 1.82) is 0 Å². The number of nitrogens with one attached hydrogen (secondary N) is 1. The Morgan fingerprint density at radius 2 is 2.00 bits per heavy atom. The second-order valence-electron chi connectivity index (χ2n) is 8.02. The van der Waals surface area contributed by atoms with Gasteiger partial charge in [-0.2, -0.15) is 0 Å². The van der Waals surface area contributed by atoms with Gasteiger partial charge in [-0.25, -0.2) is 8.42 Å². The summed E-state index contributed by atoms with van der Waals surface area (Å²) in [5.74, 6) is 0.637. The van der Waals surface area contributed by atoms with Gasteiger partial charge in [-0.05, 0) is 61.9 Å². The Morgan fingerprint density at radius 1 is 1.23 bits per heavy atom. The molecule has 2 rings (SSSR count). The molecule has 0 amide bonds. The van der Waals surface area contributed by atoms with Gasteiger partial charge in [0, 0.05) is 12.2 Å². The molecule has 0 unspecified atom stereocenters. The SMILES string of the molecule is CCCCCCN1CC[C@](C)(c2cccc(NS(=O)(=O)CC)c2)[C@@H](C)C1. The zero-order valence-electron chi connectivity index (χ0n) is 16.9. The minimum Gasteiger partial charge on any atom is -0.303 e. The van der Waals surface area contributed by atoms with Crippen molar-refractivity contribution in [2.45, 2.75) is 65.2 Å². The zero-order chi connectivity index (χ0) is 19.2. The Kier molecular flexibility index (Phi) is 7.53. The van der Waals surface area contributed by atoms with Gasteiger partial charge in [0.2, 0.25) is 10.0 Å². The minimum absolute atomic E-state index is 0.0909. The van der Waals surface area contributed by atoms with Crippen LogP contribution in [0.15, 0.2) is 24.3 Å². The topological polar surface area (TPSA) is 49.4 Å². The summed E-state index contributed by atoms with van der Waals surface area (Å²) in [4.78, 5) is 2.60. The largest absolute Gasteiger partial charge is 0.303 e. The Morgan fingerprint density at radius 3 is 2.65 bits per heavy atom. The maximum Gasteiger partial charge on any atom is 0.232 e. The molecule has 0 bridgehead atoms. The van der Waals surface area contributed by atoms with Gasteiger partial charge in [-0.1, -0.05) is 52.2 Å². The molecule has 1 saturated heterocycles. The van der Waals surface area contributed by atoms with E-state index < -0.39 is 10.0 Å². The molecule has 1 aromatic rings. The monoisotopic (exact) mass is 380 g/mol. The first-order valence-electron chi connectivity index (χ1n) is 10.1. The lowest BCUT2D eigenvalue weighted by Gasteiger charge is -2.45. The average Bonchev–Trinajstić information content (AvgIpc) is 2.61. The van der Waals surface area contributed by atoms with E-state index in [9.17, 15) is 8.42 Å². The third-order valence-electron chi connectivity index (χ3n) is 6.07. The van der Waals surface area contributed by atoms with E-state index in [-0.39, 0.29) is 11.2 Å². The molecule has 26 heavy (non-hydrogen) atoms. The standard InChI is InChI=1S/C21H36N2O2S/c1-5-7-8-9-14-23-15-13-21(4,18(3)17-23)19-11-10-12-20(16-19)22-26(24,25)6-2/h10-12,16,18,22H,5-9,13-15,17H2,1-4H3/t18-,21-/m0/s1. The number of piperidine rings is 1. The average molecular weight is 381 g/mol. The van der Waals surface area contributed by atoms with Crippen molar-refractivity contribution in [2.24, 2.45) is 5.92 Å². The summed E-state index contributed by atoms with van der Waals surface area (Å²) in [5, 5.41) is 0. The van der Waals surface area contributed by atoms with Crippen LogP contribution in [-0.2, 0) is 15.4 Å². The van der Waals surface area contributed by atoms with Gasteiger partial charge in [-0.15, -0.1) is 0 Å². The van der Waals surface area contributed by atoms with Crippen molar-refractivity contribution in [2.75, 3.05) is 30.1 Å². The minimum atomic E-state index is -3.24. The van der Waals surface area contributed by atoms with Gasteiger partial charge >= 0.3 is 0 Å². The molecule has 1 N–H and O–H groups in total. The molecule has 0 radical (unpaired) electrons. The predicted octanol–water partition coefficient (Wildman–Crippen LogP) is 4.63. The quantitative estimate of drug-likeness (QED) is 0.636. The molecule has 0 spiro atoms. The van der Waals surface area contributed by atoms with Crippen molar-refractivity contribution < 1.29 is 8.42 Å². The van der Waals surface area contributed by atoms with E-state index in [0.717, 1.165) is 19.5 Å². The van der Waals surface area contributed by atoms with Crippen LogP contribution in [-0.4, -0.2) is 38.7 Å². The number of hydrogen-bond acceptors (Lipinski definition) is 3. The van der Waals surface area contributed by atoms with Crippen molar-refractivity contribution in [3.8, 4) is 0 Å². The highest BCUT2D eigenvalue weighted by Crippen LogP contribution is 2.40. The highest BCUT2D eigenvalue weighted by molar-refractivity contribution is 7.92. The van der Waals surface area contributed by atoms with E-state index >= 15 is 0 Å². The molecule has 0 aliphatic carbocycles. The van der Waals surface area contributed by atoms with Crippen LogP contribution in [0.5, 0.6) is 0 Å². The zero-order valence-corrected chi connectivity index (χ0v) is 17.7. The number of rotatable bonds is 9. The number of benzene rings is 1. The van der Waals surface area contributed by atoms with E-state index in [1.165, 1.54) is 37.8 Å². The Labute approximate surface area is 160 Å². The number of hydrogen-bond donors (Lipinski definition) is 1. The van der Waals surface area contributed by atoms with Gasteiger partial charge in [0.05, 0.1) is 5.75 Å². The van der Waals surface area contributed by atoms with E-state index in [1.54, 1.807) is 6.92 Å². The summed E-state index contributed by atoms with van der Waals surface area (Å²) in [6, 6.07) is 7.99. The van der Waals surface area contributed by atoms with Crippen molar-refractivity contribution >= 4 is 15.7 Å². The second-order valence-corrected chi connectivity index (χ2v) is 10.0. The van der Waals surface area contributed by atoms with Crippen LogP contribution in [0.3, 0.4) is 0 Å². The van der Waals surface area contributed by atoms with Crippen molar-refractivity contribution in [3.05, 3.63) is 29.8 Å². The first-order valence-corrected chi connectivity index (χ1v) is 11.8. The molecule has 5 heteroatoms. The summed E-state index contributed by atoms with van der Waals surface area (Å²) in [5.41, 5.74) is 2.01. The Hall–Kier alpha value is -1.07. The molecule has 0 saturated carbocycles. The molecule has 1 aromatic carbocycles. The fraction of sp³-hybridized carbons (Fsp3) is 0.714. The lowest BCUT2D eigenvalue weighted by molar-refractivity contribution is 0.109. The van der Waals surface area contributed by atoms with Crippen LogP contribution in [0.1, 0.15) is 65.4 Å². The summed E-state index contributed by atoms with van der Waals surface area (Å²) < 4.78 is 26.4. The molecule has 0 aromatic heterocycles. The molecular formula is C21H36N2O2S. The van der Waals surface area contributed by atoms with Gasteiger partial charge in [-0.3, -0.25) is 4.72 Å². The summed E-state index contributed by atoms with van der Waals surface area (Å²) in [6.07, 6.45) is 6.36. The summed E-state index contributed by atoms with van der Waals surface area (Å²) >= 11 is 0. The van der Waals surface area contributed by atoms with Crippen LogP contribution >= 0.6 is 0 Å². The molecule has 1 heterocycles. The predicted molar refractivity (Wildman–Crippen MR) is 111 cm³/mol. The van der Waals surface area contributed by atoms with Crippen LogP contribution in [0.4, 0.5) is 5.69 Å². The summed E-state index contributed by atoms with van der Waals surface area (Å²) in [6.45, 7) is 12.0. The number of nitrogens with zero attached hydrogens (tertiary/aromatic N) is 1. The van der Waals surface area contributed by atoms with Crippen LogP contribution in [0.2, 0.25) is 0 Å². The van der Waals surface area contributed by atoms with E-state index in [2.05, 4.69) is 36.5 Å². The first kappa shape index (κ1) is 21.2. The van der Waals surface area contributed by atoms with Gasteiger partial charge in [0.25, 0.3) is 0 Å². The van der Waals surface area contributed by atoms with Gasteiger partial charge in [0.1, 0.15) is 0 Å². The molecular weight excluding hydrogens is 344 g/mol. The van der Waals surface area contributed by atoms with E-state index in [4.69, 9.17) is 0 Å². The van der Waals surface area contributed by atoms with Gasteiger partial charge in [0.15, 0.2) is 0 Å². The van der Waals surface area contributed by atoms with Crippen LogP contribution < -0.4 is 4.72 Å². The normalized spacial score (nSPS) is 24.5. The number of unbranched alkanes of at least 4 members (excludes halogenated alkanes) is 3. The third-order valence-corrected chi connectivity index (χ3v) is 7.38. The fourth-order valence-electron chi connectivity index (χ4n) is 3.90. The molecule has 1 aliphatic heterocycles. The Balaban J connectivity index is 2.04. The molecule has 2 atom stereocenters. The lowest BCUT2D eigenvalue weighted by atomic mass is 9.68. The molecule has 1 aliphatic rings. The fourth-order valence-corrected chi connectivity index (χ4v) is 4.53. The first-order chi connectivity index (χ1) is 12.3. The van der Waals surface area contributed by atoms with Crippen LogP contribution in [0, 0.1) is 5.92 Å². The highest BCUT2D eigenvalue weighted by Gasteiger charge is 2.37. The number of anilines is 1. The summed E-state index contributed by atoms with van der Waals surface area (Å²) in [7, 11) is -3.24. The third kappa shape index (κ3) is 5.46. The number of sulfonamides is 1. The lowest BCUT2D eigenvalue weighted by Crippen LogP contribution is -2.47. The van der Waals surface area contributed by atoms with Crippen molar-refractivity contribution in [1.82, 2.24) is 4.90 Å². The second kappa shape index (κ2) is 9.23. The maximum atomic E-state index is 11.9. The van der Waals surface area contributed by atoms with Crippen molar-refractivity contribution in [3.63, 3.8) is 0 Å². The van der Waals surface area contributed by atoms with E-state index in [0.29, 0.717) is 11.6 Å². The Bertz CT molecular complexity index is 674. The maximum absolute atomic E-state index is 11.9. The highest BCUT2D eigenvalue weighted by atomic mass is 32.2. The molecule has 4 nitrogen and oxygen atoms in total. The molecule has 1 fully saturated rings. The van der Waals surface area contributed by atoms with E-state index in [1.807, 2.05) is 18.2 Å². The number of likely N-dealkylation sites (tertiary alicyclic amines) is 1.